The number of carboxylic acid groups (broad SMARTS) is 1. The predicted molar refractivity (Wildman–Crippen MR) is 73.4 cm³/mol. The van der Waals surface area contributed by atoms with Crippen LogP contribution in [0.3, 0.4) is 0 Å². The summed E-state index contributed by atoms with van der Waals surface area (Å²) < 4.78 is 16.4. The van der Waals surface area contributed by atoms with Crippen LogP contribution >= 0.6 is 11.6 Å². The number of ether oxygens (including phenoxy) is 3. The first kappa shape index (κ1) is 15.1. The first-order valence-electron chi connectivity index (χ1n) is 6.56. The molecule has 1 N–H and O–H groups in total. The van der Waals surface area contributed by atoms with Gasteiger partial charge in [-0.25, -0.2) is 4.79 Å². The molecule has 0 bridgehead atoms. The summed E-state index contributed by atoms with van der Waals surface area (Å²) in [5.41, 5.74) is 0.0284. The van der Waals surface area contributed by atoms with Crippen LogP contribution in [0.2, 0.25) is 5.02 Å². The van der Waals surface area contributed by atoms with E-state index in [-0.39, 0.29) is 16.9 Å². The van der Waals surface area contributed by atoms with Crippen molar-refractivity contribution in [3.63, 3.8) is 0 Å². The van der Waals surface area contributed by atoms with Crippen LogP contribution < -0.4 is 4.74 Å². The monoisotopic (exact) mass is 300 g/mol. The van der Waals surface area contributed by atoms with Gasteiger partial charge < -0.3 is 19.3 Å². The Morgan fingerprint density at radius 1 is 1.40 bits per heavy atom. The van der Waals surface area contributed by atoms with Crippen molar-refractivity contribution in [3.05, 3.63) is 28.8 Å². The maximum Gasteiger partial charge on any atom is 0.337 e. The number of benzene rings is 1. The summed E-state index contributed by atoms with van der Waals surface area (Å²) in [5.74, 6) is -0.730. The van der Waals surface area contributed by atoms with E-state index in [0.29, 0.717) is 19.0 Å². The molecule has 1 fully saturated rings. The molecule has 1 saturated heterocycles. The van der Waals surface area contributed by atoms with Crippen molar-refractivity contribution < 1.29 is 24.1 Å². The Balaban J connectivity index is 1.79. The highest BCUT2D eigenvalue weighted by atomic mass is 35.5. The molecule has 1 atom stereocenters. The molecule has 5 nitrogen and oxygen atoms in total. The molecule has 6 heteroatoms. The highest BCUT2D eigenvalue weighted by Gasteiger charge is 2.15. The van der Waals surface area contributed by atoms with Gasteiger partial charge in [-0.2, -0.15) is 0 Å². The molecular formula is C14H17ClO5. The molecule has 0 aromatic heterocycles. The topological polar surface area (TPSA) is 65.0 Å². The summed E-state index contributed by atoms with van der Waals surface area (Å²) in [5, 5.41) is 9.06. The minimum absolute atomic E-state index is 0.0284. The molecule has 0 radical (unpaired) electrons. The van der Waals surface area contributed by atoms with Crippen LogP contribution in [-0.4, -0.2) is 37.2 Å². The van der Waals surface area contributed by atoms with Crippen molar-refractivity contribution in [1.82, 2.24) is 0 Å². The number of rotatable bonds is 6. The predicted octanol–water partition coefficient (Wildman–Crippen LogP) is 2.96. The first-order valence-corrected chi connectivity index (χ1v) is 6.94. The number of halogens is 1. The lowest BCUT2D eigenvalue weighted by Crippen LogP contribution is -2.24. The van der Waals surface area contributed by atoms with E-state index in [1.54, 1.807) is 12.1 Å². The van der Waals surface area contributed by atoms with E-state index < -0.39 is 5.97 Å². The van der Waals surface area contributed by atoms with E-state index in [1.165, 1.54) is 6.07 Å². The minimum atomic E-state index is -1.08. The molecule has 0 spiro atoms. The third-order valence-corrected chi connectivity index (χ3v) is 3.37. The largest absolute Gasteiger partial charge is 0.490 e. The Morgan fingerprint density at radius 2 is 2.25 bits per heavy atom. The van der Waals surface area contributed by atoms with E-state index in [9.17, 15) is 4.79 Å². The van der Waals surface area contributed by atoms with Gasteiger partial charge in [0.25, 0.3) is 0 Å². The van der Waals surface area contributed by atoms with E-state index >= 15 is 0 Å². The number of carboxylic acids is 1. The van der Waals surface area contributed by atoms with Gasteiger partial charge in [-0.1, -0.05) is 17.7 Å². The fourth-order valence-corrected chi connectivity index (χ4v) is 2.22. The molecule has 20 heavy (non-hydrogen) atoms. The van der Waals surface area contributed by atoms with Gasteiger partial charge in [0.2, 0.25) is 0 Å². The lowest BCUT2D eigenvalue weighted by molar-refractivity contribution is -0.165. The maximum atomic E-state index is 10.9. The van der Waals surface area contributed by atoms with Gasteiger partial charge in [0, 0.05) is 6.61 Å². The zero-order valence-corrected chi connectivity index (χ0v) is 11.8. The van der Waals surface area contributed by atoms with E-state index in [0.717, 1.165) is 25.9 Å². The summed E-state index contributed by atoms with van der Waals surface area (Å²) in [6.45, 7) is 1.40. The van der Waals surface area contributed by atoms with Crippen molar-refractivity contribution in [2.75, 3.05) is 19.8 Å². The number of hydrogen-bond donors (Lipinski definition) is 1. The minimum Gasteiger partial charge on any atom is -0.490 e. The van der Waals surface area contributed by atoms with Gasteiger partial charge in [-0.15, -0.1) is 0 Å². The number of hydrogen-bond acceptors (Lipinski definition) is 4. The summed E-state index contributed by atoms with van der Waals surface area (Å²) in [6.07, 6.45) is 2.93. The van der Waals surface area contributed by atoms with E-state index in [1.807, 2.05) is 0 Å². The zero-order chi connectivity index (χ0) is 14.4. The SMILES string of the molecule is O=C(O)c1cccc(OCCOC2CCCCO2)c1Cl. The van der Waals surface area contributed by atoms with Crippen molar-refractivity contribution in [3.8, 4) is 5.75 Å². The molecule has 1 aliphatic rings. The fraction of sp³-hybridized carbons (Fsp3) is 0.500. The van der Waals surface area contributed by atoms with Crippen molar-refractivity contribution in [2.45, 2.75) is 25.6 Å². The van der Waals surface area contributed by atoms with Crippen LogP contribution in [-0.2, 0) is 9.47 Å². The molecule has 1 aromatic rings. The van der Waals surface area contributed by atoms with E-state index in [2.05, 4.69) is 0 Å². The zero-order valence-electron chi connectivity index (χ0n) is 11.0. The van der Waals surface area contributed by atoms with Crippen molar-refractivity contribution in [2.24, 2.45) is 0 Å². The fourth-order valence-electron chi connectivity index (χ4n) is 1.96. The molecule has 1 aliphatic heterocycles. The van der Waals surface area contributed by atoms with Crippen LogP contribution in [0.5, 0.6) is 5.75 Å². The van der Waals surface area contributed by atoms with Gasteiger partial charge in [-0.3, -0.25) is 0 Å². The Hall–Kier alpha value is -1.30. The second-order valence-electron chi connectivity index (χ2n) is 4.44. The van der Waals surface area contributed by atoms with Gasteiger partial charge in [0.05, 0.1) is 17.2 Å². The smallest absolute Gasteiger partial charge is 0.337 e. The Kier molecular flexibility index (Phi) is 5.64. The first-order chi connectivity index (χ1) is 9.68. The average Bonchev–Trinajstić information content (AvgIpc) is 2.46. The molecular weight excluding hydrogens is 284 g/mol. The van der Waals surface area contributed by atoms with Crippen LogP contribution in [0.15, 0.2) is 18.2 Å². The average molecular weight is 301 g/mol. The normalized spacial score (nSPS) is 18.8. The highest BCUT2D eigenvalue weighted by Crippen LogP contribution is 2.28. The maximum absolute atomic E-state index is 10.9. The van der Waals surface area contributed by atoms with Gasteiger partial charge in [0.1, 0.15) is 12.4 Å². The van der Waals surface area contributed by atoms with Crippen LogP contribution in [0.1, 0.15) is 29.6 Å². The summed E-state index contributed by atoms with van der Waals surface area (Å²) in [7, 11) is 0. The van der Waals surface area contributed by atoms with E-state index in [4.69, 9.17) is 30.9 Å². The van der Waals surface area contributed by atoms with Crippen LogP contribution in [0.25, 0.3) is 0 Å². The lowest BCUT2D eigenvalue weighted by atomic mass is 10.2. The number of carbonyl (C=O) groups is 1. The molecule has 0 aliphatic carbocycles. The molecule has 0 saturated carbocycles. The van der Waals surface area contributed by atoms with Gasteiger partial charge >= 0.3 is 5.97 Å². The highest BCUT2D eigenvalue weighted by molar-refractivity contribution is 6.34. The third-order valence-electron chi connectivity index (χ3n) is 2.98. The van der Waals surface area contributed by atoms with Crippen molar-refractivity contribution >= 4 is 17.6 Å². The summed E-state index contributed by atoms with van der Waals surface area (Å²) in [6, 6.07) is 4.66. The van der Waals surface area contributed by atoms with Crippen LogP contribution in [0, 0.1) is 0 Å². The van der Waals surface area contributed by atoms with Crippen LogP contribution in [0.4, 0.5) is 0 Å². The van der Waals surface area contributed by atoms with Gasteiger partial charge in [-0.05, 0) is 31.4 Å². The van der Waals surface area contributed by atoms with Crippen molar-refractivity contribution in [1.29, 1.82) is 0 Å². The second kappa shape index (κ2) is 7.47. The molecule has 0 amide bonds. The molecule has 110 valence electrons. The molecule has 1 unspecified atom stereocenters. The summed E-state index contributed by atoms with van der Waals surface area (Å²) >= 11 is 5.96. The summed E-state index contributed by atoms with van der Waals surface area (Å²) in [4.78, 5) is 10.9. The molecule has 2 rings (SSSR count). The van der Waals surface area contributed by atoms with Gasteiger partial charge in [0.15, 0.2) is 6.29 Å². The Morgan fingerprint density at radius 3 is 2.95 bits per heavy atom. The standard InChI is InChI=1S/C14H17ClO5/c15-13-10(14(16)17)4-3-5-11(13)18-8-9-20-12-6-1-2-7-19-12/h3-5,12H,1-2,6-9H2,(H,16,17). The Labute approximate surface area is 122 Å². The number of aromatic carboxylic acids is 1. The lowest BCUT2D eigenvalue weighted by Gasteiger charge is -2.22. The molecule has 1 heterocycles. The third kappa shape index (κ3) is 4.10. The quantitative estimate of drug-likeness (QED) is 0.818. The second-order valence-corrected chi connectivity index (χ2v) is 4.82. The Bertz CT molecular complexity index is 457. The molecule has 1 aromatic carbocycles.